The summed E-state index contributed by atoms with van der Waals surface area (Å²) in [6.07, 6.45) is 1.66. The minimum absolute atomic E-state index is 0.108. The molecule has 9 heteroatoms. The zero-order chi connectivity index (χ0) is 24.1. The van der Waals surface area contributed by atoms with E-state index in [1.165, 1.54) is 14.2 Å². The van der Waals surface area contributed by atoms with Gasteiger partial charge in [0, 0.05) is 30.7 Å². The van der Waals surface area contributed by atoms with Gasteiger partial charge in [0.05, 0.1) is 44.3 Å². The highest BCUT2D eigenvalue weighted by Gasteiger charge is 2.35. The second-order valence-electron chi connectivity index (χ2n) is 7.82. The minimum atomic E-state index is -0.518. The molecule has 0 bridgehead atoms. The number of ether oxygens (including phenoxy) is 2. The number of carbonyl (C=O) groups is 3. The Labute approximate surface area is 196 Å². The van der Waals surface area contributed by atoms with Gasteiger partial charge < -0.3 is 29.4 Å². The molecule has 3 amide bonds. The van der Waals surface area contributed by atoms with Crippen LogP contribution >= 0.6 is 0 Å². The van der Waals surface area contributed by atoms with Gasteiger partial charge in [-0.05, 0) is 24.3 Å². The lowest BCUT2D eigenvalue weighted by Gasteiger charge is -2.18. The predicted molar refractivity (Wildman–Crippen MR) is 125 cm³/mol. The fraction of sp³-hybridized carbons (Fsp3) is 0.240. The van der Waals surface area contributed by atoms with E-state index in [9.17, 15) is 14.4 Å². The molecule has 0 unspecified atom stereocenters. The quantitative estimate of drug-likeness (QED) is 0.529. The van der Waals surface area contributed by atoms with Crippen LogP contribution in [-0.4, -0.2) is 43.4 Å². The van der Waals surface area contributed by atoms with Crippen LogP contribution in [0.1, 0.15) is 22.5 Å². The van der Waals surface area contributed by atoms with E-state index in [0.717, 1.165) is 0 Å². The smallest absolute Gasteiger partial charge is 0.255 e. The van der Waals surface area contributed by atoms with Crippen LogP contribution in [-0.2, 0) is 16.1 Å². The molecule has 0 spiro atoms. The zero-order valence-electron chi connectivity index (χ0n) is 18.9. The molecule has 34 heavy (non-hydrogen) atoms. The predicted octanol–water partition coefficient (Wildman–Crippen LogP) is 3.54. The van der Waals surface area contributed by atoms with E-state index < -0.39 is 5.92 Å². The summed E-state index contributed by atoms with van der Waals surface area (Å²) in [5.41, 5.74) is 1.26. The first kappa shape index (κ1) is 22.9. The molecule has 0 radical (unpaired) electrons. The Morgan fingerprint density at radius 3 is 2.29 bits per heavy atom. The van der Waals surface area contributed by atoms with Gasteiger partial charge in [0.1, 0.15) is 17.3 Å². The monoisotopic (exact) mass is 463 g/mol. The number of likely N-dealkylation sites (tertiary alicyclic amines) is 1. The van der Waals surface area contributed by atoms with Gasteiger partial charge in [0.2, 0.25) is 11.8 Å². The standard InChI is InChI=1S/C25H25N3O6/c1-32-21-13-20(22(33-2)12-19(21)26-24(30)16-7-4-3-5-8-16)27-25(31)17-11-23(29)28(14-17)15-18-9-6-10-34-18/h3-10,12-13,17H,11,14-15H2,1-2H3,(H,26,30)(H,27,31)/t17-/m0/s1. The number of nitrogens with one attached hydrogen (secondary N) is 2. The first-order chi connectivity index (χ1) is 16.5. The van der Waals surface area contributed by atoms with Crippen molar-refractivity contribution in [2.75, 3.05) is 31.4 Å². The van der Waals surface area contributed by atoms with Crippen LogP contribution in [0, 0.1) is 5.92 Å². The van der Waals surface area contributed by atoms with Crippen molar-refractivity contribution in [3.8, 4) is 11.5 Å². The van der Waals surface area contributed by atoms with Crippen LogP contribution in [0.5, 0.6) is 11.5 Å². The summed E-state index contributed by atoms with van der Waals surface area (Å²) in [7, 11) is 2.93. The third kappa shape index (κ3) is 5.03. The lowest BCUT2D eigenvalue weighted by molar-refractivity contribution is -0.128. The second-order valence-corrected chi connectivity index (χ2v) is 7.82. The van der Waals surface area contributed by atoms with Gasteiger partial charge in [-0.3, -0.25) is 14.4 Å². The summed E-state index contributed by atoms with van der Waals surface area (Å²) < 4.78 is 16.2. The van der Waals surface area contributed by atoms with Crippen LogP contribution in [0.3, 0.4) is 0 Å². The van der Waals surface area contributed by atoms with Gasteiger partial charge in [0.25, 0.3) is 5.91 Å². The largest absolute Gasteiger partial charge is 0.494 e. The molecule has 1 saturated heterocycles. The maximum Gasteiger partial charge on any atom is 0.255 e. The number of hydrogen-bond acceptors (Lipinski definition) is 6. The summed E-state index contributed by atoms with van der Waals surface area (Å²) in [5.74, 6) is 0.108. The van der Waals surface area contributed by atoms with Gasteiger partial charge >= 0.3 is 0 Å². The summed E-state index contributed by atoms with van der Waals surface area (Å²) in [5, 5.41) is 5.64. The molecule has 0 aliphatic carbocycles. The number of rotatable bonds is 8. The summed E-state index contributed by atoms with van der Waals surface area (Å²) in [6, 6.07) is 15.5. The number of furan rings is 1. The molecular formula is C25H25N3O6. The molecule has 1 aliphatic heterocycles. The maximum atomic E-state index is 12.9. The van der Waals surface area contributed by atoms with Gasteiger partial charge in [-0.25, -0.2) is 0 Å². The van der Waals surface area contributed by atoms with E-state index in [1.807, 2.05) is 6.07 Å². The Kier molecular flexibility index (Phi) is 6.82. The topological polar surface area (TPSA) is 110 Å². The molecule has 1 fully saturated rings. The Morgan fingerprint density at radius 1 is 1.00 bits per heavy atom. The molecule has 1 aliphatic rings. The first-order valence-electron chi connectivity index (χ1n) is 10.7. The van der Waals surface area contributed by atoms with Crippen LogP contribution in [0.2, 0.25) is 0 Å². The molecule has 176 valence electrons. The van der Waals surface area contributed by atoms with E-state index in [2.05, 4.69) is 10.6 Å². The van der Waals surface area contributed by atoms with E-state index in [1.54, 1.807) is 59.7 Å². The number of methoxy groups -OCH3 is 2. The first-order valence-corrected chi connectivity index (χ1v) is 10.7. The second kappa shape index (κ2) is 10.1. The highest BCUT2D eigenvalue weighted by Crippen LogP contribution is 2.37. The van der Waals surface area contributed by atoms with E-state index in [4.69, 9.17) is 13.9 Å². The van der Waals surface area contributed by atoms with Crippen molar-refractivity contribution in [3.05, 3.63) is 72.2 Å². The van der Waals surface area contributed by atoms with Crippen molar-refractivity contribution in [2.45, 2.75) is 13.0 Å². The molecule has 2 N–H and O–H groups in total. The minimum Gasteiger partial charge on any atom is -0.494 e. The Balaban J connectivity index is 1.47. The number of anilines is 2. The Morgan fingerprint density at radius 2 is 1.68 bits per heavy atom. The molecule has 2 heterocycles. The average Bonchev–Trinajstić information content (AvgIpc) is 3.50. The molecule has 4 rings (SSSR count). The van der Waals surface area contributed by atoms with E-state index in [0.29, 0.717) is 40.7 Å². The fourth-order valence-corrected chi connectivity index (χ4v) is 3.80. The van der Waals surface area contributed by atoms with E-state index in [-0.39, 0.29) is 30.7 Å². The Bertz CT molecular complexity index is 1180. The fourth-order valence-electron chi connectivity index (χ4n) is 3.80. The number of benzene rings is 2. The highest BCUT2D eigenvalue weighted by atomic mass is 16.5. The lowest BCUT2D eigenvalue weighted by atomic mass is 10.1. The summed E-state index contributed by atoms with van der Waals surface area (Å²) in [6.45, 7) is 0.610. The number of nitrogens with zero attached hydrogens (tertiary/aromatic N) is 1. The average molecular weight is 463 g/mol. The van der Waals surface area contributed by atoms with Crippen molar-refractivity contribution < 1.29 is 28.3 Å². The molecule has 0 saturated carbocycles. The Hall–Kier alpha value is -4.27. The van der Waals surface area contributed by atoms with Crippen molar-refractivity contribution in [1.82, 2.24) is 4.90 Å². The molecule has 1 aromatic heterocycles. The van der Waals surface area contributed by atoms with Crippen molar-refractivity contribution in [3.63, 3.8) is 0 Å². The maximum absolute atomic E-state index is 12.9. The van der Waals surface area contributed by atoms with Gasteiger partial charge in [0.15, 0.2) is 0 Å². The number of carbonyl (C=O) groups excluding carboxylic acids is 3. The summed E-state index contributed by atoms with van der Waals surface area (Å²) in [4.78, 5) is 39.5. The lowest BCUT2D eigenvalue weighted by Crippen LogP contribution is -2.28. The van der Waals surface area contributed by atoms with Gasteiger partial charge in [-0.2, -0.15) is 0 Å². The van der Waals surface area contributed by atoms with Crippen LogP contribution in [0.4, 0.5) is 11.4 Å². The van der Waals surface area contributed by atoms with Crippen molar-refractivity contribution in [2.24, 2.45) is 5.92 Å². The van der Waals surface area contributed by atoms with Gasteiger partial charge in [-0.1, -0.05) is 18.2 Å². The van der Waals surface area contributed by atoms with Crippen LogP contribution in [0.25, 0.3) is 0 Å². The normalized spacial score (nSPS) is 15.2. The molecule has 3 aromatic rings. The molecular weight excluding hydrogens is 438 g/mol. The van der Waals surface area contributed by atoms with E-state index >= 15 is 0 Å². The third-order valence-corrected chi connectivity index (χ3v) is 5.58. The number of hydrogen-bond donors (Lipinski definition) is 2. The zero-order valence-corrected chi connectivity index (χ0v) is 18.9. The van der Waals surface area contributed by atoms with Crippen LogP contribution in [0.15, 0.2) is 65.3 Å². The third-order valence-electron chi connectivity index (χ3n) is 5.58. The SMILES string of the molecule is COc1cc(NC(=O)[C@H]2CC(=O)N(Cc3ccco3)C2)c(OC)cc1NC(=O)c1ccccc1. The van der Waals surface area contributed by atoms with Crippen LogP contribution < -0.4 is 20.1 Å². The number of amides is 3. The molecule has 2 aromatic carbocycles. The highest BCUT2D eigenvalue weighted by molar-refractivity contribution is 6.06. The molecule has 9 nitrogen and oxygen atoms in total. The summed E-state index contributed by atoms with van der Waals surface area (Å²) >= 11 is 0. The van der Waals surface area contributed by atoms with Crippen molar-refractivity contribution in [1.29, 1.82) is 0 Å². The van der Waals surface area contributed by atoms with Crippen molar-refractivity contribution >= 4 is 29.1 Å². The van der Waals surface area contributed by atoms with Gasteiger partial charge in [-0.15, -0.1) is 0 Å². The molecule has 1 atom stereocenters.